The van der Waals surface area contributed by atoms with Crippen LogP contribution in [0.2, 0.25) is 0 Å². The van der Waals surface area contributed by atoms with Crippen LogP contribution in [0.5, 0.6) is 0 Å². The molecule has 1 amide bonds. The molecule has 2 rings (SSSR count). The van der Waals surface area contributed by atoms with Crippen molar-refractivity contribution in [2.45, 2.75) is 18.3 Å². The maximum atomic E-state index is 12.8. The number of halogens is 2. The second-order valence-corrected chi connectivity index (χ2v) is 4.27. The maximum Gasteiger partial charge on any atom is 0.233 e. The molecule has 0 unspecified atom stereocenters. The molecule has 1 fully saturated rings. The molecule has 94 valence electrons. The molecule has 0 radical (unpaired) electrons. The number of rotatable bonds is 4. The molecule has 0 spiro atoms. The molecule has 0 heterocycles. The first-order chi connectivity index (χ1) is 7.66. The van der Waals surface area contributed by atoms with Gasteiger partial charge in [-0.1, -0.05) is 12.1 Å². The summed E-state index contributed by atoms with van der Waals surface area (Å²) in [5.74, 6) is -0.376. The van der Waals surface area contributed by atoms with Crippen molar-refractivity contribution in [2.75, 3.05) is 13.1 Å². The second kappa shape index (κ2) is 5.47. The van der Waals surface area contributed by atoms with Gasteiger partial charge in [-0.25, -0.2) is 4.39 Å². The number of hydrogen-bond acceptors (Lipinski definition) is 2. The van der Waals surface area contributed by atoms with E-state index in [9.17, 15) is 9.18 Å². The maximum absolute atomic E-state index is 12.8. The zero-order valence-corrected chi connectivity index (χ0v) is 10.2. The molecular weight excluding hydrogens is 243 g/mol. The highest BCUT2D eigenvalue weighted by molar-refractivity contribution is 5.85. The van der Waals surface area contributed by atoms with Crippen LogP contribution in [0.3, 0.4) is 0 Å². The Morgan fingerprint density at radius 1 is 1.35 bits per heavy atom. The van der Waals surface area contributed by atoms with Crippen molar-refractivity contribution in [2.24, 2.45) is 5.73 Å². The monoisotopic (exact) mass is 258 g/mol. The molecule has 0 atom stereocenters. The third-order valence-corrected chi connectivity index (χ3v) is 3.12. The molecule has 0 aromatic heterocycles. The zero-order chi connectivity index (χ0) is 11.6. The van der Waals surface area contributed by atoms with Gasteiger partial charge in [0.15, 0.2) is 0 Å². The smallest absolute Gasteiger partial charge is 0.233 e. The topological polar surface area (TPSA) is 55.1 Å². The van der Waals surface area contributed by atoms with Gasteiger partial charge in [0.2, 0.25) is 5.91 Å². The van der Waals surface area contributed by atoms with E-state index in [1.54, 1.807) is 12.1 Å². The van der Waals surface area contributed by atoms with E-state index < -0.39 is 0 Å². The Labute approximate surface area is 106 Å². The Morgan fingerprint density at radius 3 is 2.41 bits per heavy atom. The predicted octanol–water partition coefficient (Wildman–Crippen LogP) is 1.35. The van der Waals surface area contributed by atoms with E-state index in [0.29, 0.717) is 6.54 Å². The summed E-state index contributed by atoms with van der Waals surface area (Å²) in [4.78, 5) is 11.1. The fourth-order valence-electron chi connectivity index (χ4n) is 1.86. The molecular formula is C12H16ClFN2O. The summed E-state index contributed by atoms with van der Waals surface area (Å²) < 4.78 is 12.8. The minimum Gasteiger partial charge on any atom is -0.354 e. The highest BCUT2D eigenvalue weighted by atomic mass is 35.5. The molecule has 1 aliphatic rings. The van der Waals surface area contributed by atoms with E-state index in [1.807, 2.05) is 0 Å². The van der Waals surface area contributed by atoms with Gasteiger partial charge in [-0.15, -0.1) is 12.4 Å². The highest BCUT2D eigenvalue weighted by Gasteiger charge is 2.44. The van der Waals surface area contributed by atoms with Crippen LogP contribution in [0.4, 0.5) is 4.39 Å². The van der Waals surface area contributed by atoms with Crippen molar-refractivity contribution in [3.05, 3.63) is 35.6 Å². The van der Waals surface area contributed by atoms with Crippen LogP contribution in [0.25, 0.3) is 0 Å². The minimum atomic E-state index is -0.231. The third kappa shape index (κ3) is 3.17. The number of hydrogen-bond donors (Lipinski definition) is 2. The van der Waals surface area contributed by atoms with Gasteiger partial charge in [0, 0.05) is 12.0 Å². The van der Waals surface area contributed by atoms with Crippen molar-refractivity contribution < 1.29 is 9.18 Å². The lowest BCUT2D eigenvalue weighted by Gasteiger charge is -2.16. The standard InChI is InChI=1S/C12H15FN2O.ClH/c13-10-3-1-9(2-4-10)12(5-6-12)8-15-11(16)7-14;/h1-4H,5-8,14H2,(H,15,16);1H. The Balaban J connectivity index is 0.00000144. The normalized spacial score (nSPS) is 15.9. The van der Waals surface area contributed by atoms with Crippen molar-refractivity contribution in [3.63, 3.8) is 0 Å². The second-order valence-electron chi connectivity index (χ2n) is 4.27. The van der Waals surface area contributed by atoms with E-state index >= 15 is 0 Å². The van der Waals surface area contributed by atoms with Gasteiger partial charge in [-0.3, -0.25) is 4.79 Å². The van der Waals surface area contributed by atoms with E-state index in [0.717, 1.165) is 18.4 Å². The number of amides is 1. The van der Waals surface area contributed by atoms with Gasteiger partial charge >= 0.3 is 0 Å². The first-order valence-electron chi connectivity index (χ1n) is 5.39. The van der Waals surface area contributed by atoms with Crippen LogP contribution in [0.1, 0.15) is 18.4 Å². The summed E-state index contributed by atoms with van der Waals surface area (Å²) in [6.45, 7) is 0.605. The van der Waals surface area contributed by atoms with E-state index in [-0.39, 0.29) is 36.1 Å². The summed E-state index contributed by atoms with van der Waals surface area (Å²) in [6.07, 6.45) is 2.06. The zero-order valence-electron chi connectivity index (χ0n) is 9.41. The third-order valence-electron chi connectivity index (χ3n) is 3.12. The number of benzene rings is 1. The quantitative estimate of drug-likeness (QED) is 0.857. The van der Waals surface area contributed by atoms with Crippen LogP contribution in [0.15, 0.2) is 24.3 Å². The molecule has 3 N–H and O–H groups in total. The number of carbonyl (C=O) groups excluding carboxylic acids is 1. The summed E-state index contributed by atoms with van der Waals surface area (Å²) in [7, 11) is 0. The van der Waals surface area contributed by atoms with Crippen molar-refractivity contribution in [3.8, 4) is 0 Å². The largest absolute Gasteiger partial charge is 0.354 e. The average molecular weight is 259 g/mol. The fraction of sp³-hybridized carbons (Fsp3) is 0.417. The Bertz CT molecular complexity index is 390. The molecule has 1 aliphatic carbocycles. The van der Waals surface area contributed by atoms with Crippen LogP contribution in [0, 0.1) is 5.82 Å². The molecule has 5 heteroatoms. The summed E-state index contributed by atoms with van der Waals surface area (Å²) >= 11 is 0. The molecule has 0 aliphatic heterocycles. The number of nitrogens with two attached hydrogens (primary N) is 1. The Hall–Kier alpha value is -1.13. The lowest BCUT2D eigenvalue weighted by Crippen LogP contribution is -2.36. The Kier molecular flexibility index (Phi) is 4.48. The van der Waals surface area contributed by atoms with Crippen LogP contribution >= 0.6 is 12.4 Å². The predicted molar refractivity (Wildman–Crippen MR) is 66.6 cm³/mol. The average Bonchev–Trinajstić information content (AvgIpc) is 3.08. The van der Waals surface area contributed by atoms with Crippen LogP contribution < -0.4 is 11.1 Å². The van der Waals surface area contributed by atoms with E-state index in [4.69, 9.17) is 5.73 Å². The van der Waals surface area contributed by atoms with Crippen LogP contribution in [-0.4, -0.2) is 19.0 Å². The first kappa shape index (κ1) is 13.9. The van der Waals surface area contributed by atoms with Gasteiger partial charge in [-0.2, -0.15) is 0 Å². The molecule has 17 heavy (non-hydrogen) atoms. The van der Waals surface area contributed by atoms with Crippen molar-refractivity contribution in [1.82, 2.24) is 5.32 Å². The molecule has 0 bridgehead atoms. The van der Waals surface area contributed by atoms with Gasteiger partial charge in [-0.05, 0) is 30.5 Å². The number of nitrogens with one attached hydrogen (secondary N) is 1. The lowest BCUT2D eigenvalue weighted by atomic mass is 9.96. The Morgan fingerprint density at radius 2 is 1.94 bits per heavy atom. The first-order valence-corrected chi connectivity index (χ1v) is 5.39. The summed E-state index contributed by atoms with van der Waals surface area (Å²) in [6, 6.07) is 6.49. The van der Waals surface area contributed by atoms with Gasteiger partial charge in [0.05, 0.1) is 6.54 Å². The molecule has 1 saturated carbocycles. The van der Waals surface area contributed by atoms with Gasteiger partial charge in [0.25, 0.3) is 0 Å². The van der Waals surface area contributed by atoms with Crippen molar-refractivity contribution in [1.29, 1.82) is 0 Å². The summed E-state index contributed by atoms with van der Waals surface area (Å²) in [5, 5.41) is 2.79. The molecule has 0 saturated heterocycles. The number of carbonyl (C=O) groups is 1. The van der Waals surface area contributed by atoms with Gasteiger partial charge < -0.3 is 11.1 Å². The molecule has 3 nitrogen and oxygen atoms in total. The highest BCUT2D eigenvalue weighted by Crippen LogP contribution is 2.47. The van der Waals surface area contributed by atoms with E-state index in [2.05, 4.69) is 5.32 Å². The van der Waals surface area contributed by atoms with Gasteiger partial charge in [0.1, 0.15) is 5.82 Å². The SMILES string of the molecule is Cl.NCC(=O)NCC1(c2ccc(F)cc2)CC1. The van der Waals surface area contributed by atoms with E-state index in [1.165, 1.54) is 12.1 Å². The lowest BCUT2D eigenvalue weighted by molar-refractivity contribution is -0.119. The minimum absolute atomic E-state index is 0. The molecule has 1 aromatic carbocycles. The summed E-state index contributed by atoms with van der Waals surface area (Å²) in [5.41, 5.74) is 6.32. The molecule has 1 aromatic rings. The van der Waals surface area contributed by atoms with Crippen molar-refractivity contribution >= 4 is 18.3 Å². The fourth-order valence-corrected chi connectivity index (χ4v) is 1.86. The van der Waals surface area contributed by atoms with Crippen LogP contribution in [-0.2, 0) is 10.2 Å².